The summed E-state index contributed by atoms with van der Waals surface area (Å²) >= 11 is 0. The number of aliphatic hydroxyl groups excluding tert-OH is 1. The van der Waals surface area contributed by atoms with Crippen molar-refractivity contribution in [3.63, 3.8) is 0 Å². The first kappa shape index (κ1) is 15.9. The van der Waals surface area contributed by atoms with Gasteiger partial charge in [-0.1, -0.05) is 42.0 Å². The molecular weight excluding hydrogens is 294 g/mol. The average molecular weight is 321 g/mol. The Morgan fingerprint density at radius 1 is 1.04 bits per heavy atom. The Morgan fingerprint density at radius 3 is 2.62 bits per heavy atom. The van der Waals surface area contributed by atoms with Gasteiger partial charge in [0.05, 0.1) is 0 Å². The summed E-state index contributed by atoms with van der Waals surface area (Å²) in [6.07, 6.45) is 4.74. The van der Waals surface area contributed by atoms with Gasteiger partial charge in [0.1, 0.15) is 0 Å². The largest absolute Gasteiger partial charge is 0.396 e. The molecule has 1 N–H and O–H groups in total. The highest BCUT2D eigenvalue weighted by Crippen LogP contribution is 2.48. The van der Waals surface area contributed by atoms with Gasteiger partial charge in [-0.25, -0.2) is 0 Å². The summed E-state index contributed by atoms with van der Waals surface area (Å²) in [5.41, 5.74) is 7.06. The molecule has 24 heavy (non-hydrogen) atoms. The van der Waals surface area contributed by atoms with Crippen LogP contribution in [0.25, 0.3) is 11.1 Å². The summed E-state index contributed by atoms with van der Waals surface area (Å²) in [7, 11) is 0. The highest BCUT2D eigenvalue weighted by Gasteiger charge is 2.36. The lowest BCUT2D eigenvalue weighted by atomic mass is 9.93. The number of hydrogen-bond donors (Lipinski definition) is 1. The summed E-state index contributed by atoms with van der Waals surface area (Å²) in [5.74, 6) is 0.733. The van der Waals surface area contributed by atoms with Crippen molar-refractivity contribution in [1.29, 1.82) is 0 Å². The Balaban J connectivity index is 1.69. The molecule has 126 valence electrons. The smallest absolute Gasteiger partial charge is 0.0443 e. The molecule has 0 saturated carbocycles. The quantitative estimate of drug-likeness (QED) is 0.884. The molecule has 1 aliphatic carbocycles. The van der Waals surface area contributed by atoms with E-state index in [0.29, 0.717) is 12.6 Å². The molecule has 2 atom stereocenters. The van der Waals surface area contributed by atoms with Crippen molar-refractivity contribution in [3.05, 3.63) is 59.2 Å². The first-order valence-corrected chi connectivity index (χ1v) is 9.32. The molecule has 0 amide bonds. The molecule has 4 rings (SSSR count). The van der Waals surface area contributed by atoms with Crippen LogP contribution >= 0.6 is 0 Å². The topological polar surface area (TPSA) is 23.5 Å². The first-order valence-electron chi connectivity index (χ1n) is 9.32. The Bertz CT molecular complexity index is 706. The van der Waals surface area contributed by atoms with E-state index in [1.165, 1.54) is 48.1 Å². The number of rotatable bonds is 4. The SMILES string of the molecule is Cc1ccc(-c2ccc3c(c2)C2C[C@@H]3CCCN2CCCO)cc1. The van der Waals surface area contributed by atoms with Gasteiger partial charge in [-0.2, -0.15) is 0 Å². The molecule has 2 bridgehead atoms. The molecule has 2 aliphatic rings. The van der Waals surface area contributed by atoms with Gasteiger partial charge in [-0.15, -0.1) is 0 Å². The molecular formula is C22H27NO. The van der Waals surface area contributed by atoms with Crippen molar-refractivity contribution in [1.82, 2.24) is 4.90 Å². The van der Waals surface area contributed by atoms with Crippen molar-refractivity contribution in [2.75, 3.05) is 19.7 Å². The van der Waals surface area contributed by atoms with Crippen molar-refractivity contribution in [2.45, 2.75) is 44.6 Å². The van der Waals surface area contributed by atoms with Gasteiger partial charge in [-0.05, 0) is 73.4 Å². The third-order valence-electron chi connectivity index (χ3n) is 5.82. The fourth-order valence-electron chi connectivity index (χ4n) is 4.54. The molecule has 0 spiro atoms. The van der Waals surface area contributed by atoms with Crippen molar-refractivity contribution < 1.29 is 5.11 Å². The minimum atomic E-state index is 0.295. The first-order chi connectivity index (χ1) is 11.8. The fraction of sp³-hybridized carbons (Fsp3) is 0.455. The molecule has 0 radical (unpaired) electrons. The average Bonchev–Trinajstić information content (AvgIpc) is 2.82. The number of aliphatic hydroxyl groups is 1. The Morgan fingerprint density at radius 2 is 1.83 bits per heavy atom. The highest BCUT2D eigenvalue weighted by atomic mass is 16.3. The number of nitrogens with zero attached hydrogens (tertiary/aromatic N) is 1. The Hall–Kier alpha value is -1.64. The molecule has 1 aliphatic heterocycles. The van der Waals surface area contributed by atoms with Gasteiger partial charge in [0.15, 0.2) is 0 Å². The second kappa shape index (κ2) is 6.70. The van der Waals surface area contributed by atoms with E-state index in [0.717, 1.165) is 18.9 Å². The molecule has 2 aromatic rings. The van der Waals surface area contributed by atoms with Crippen LogP contribution in [-0.2, 0) is 0 Å². The van der Waals surface area contributed by atoms with Gasteiger partial charge in [0.2, 0.25) is 0 Å². The standard InChI is InChI=1S/C22H27NO/c1-16-5-7-17(8-6-16)18-9-10-20-19-4-2-11-23(12-3-13-24)22(15-19)21(20)14-18/h5-10,14,19,22,24H,2-4,11-13,15H2,1H3/t19-,22?/m0/s1. The van der Waals surface area contributed by atoms with Crippen LogP contribution in [-0.4, -0.2) is 29.7 Å². The summed E-state index contributed by atoms with van der Waals surface area (Å²) in [6.45, 7) is 4.62. The van der Waals surface area contributed by atoms with Crippen LogP contribution in [0.2, 0.25) is 0 Å². The van der Waals surface area contributed by atoms with E-state index in [1.807, 2.05) is 0 Å². The minimum absolute atomic E-state index is 0.295. The van der Waals surface area contributed by atoms with Crippen LogP contribution < -0.4 is 0 Å². The van der Waals surface area contributed by atoms with Gasteiger partial charge in [-0.3, -0.25) is 4.90 Å². The number of hydrogen-bond acceptors (Lipinski definition) is 2. The molecule has 0 aromatic heterocycles. The molecule has 1 saturated heterocycles. The maximum absolute atomic E-state index is 9.22. The van der Waals surface area contributed by atoms with Gasteiger partial charge in [0, 0.05) is 19.2 Å². The highest BCUT2D eigenvalue weighted by molar-refractivity contribution is 5.66. The van der Waals surface area contributed by atoms with Crippen LogP contribution in [0.1, 0.15) is 54.3 Å². The van der Waals surface area contributed by atoms with Crippen LogP contribution in [0.5, 0.6) is 0 Å². The summed E-state index contributed by atoms with van der Waals surface area (Å²) in [5, 5.41) is 9.22. The maximum atomic E-state index is 9.22. The van der Waals surface area contributed by atoms with Crippen LogP contribution in [0.15, 0.2) is 42.5 Å². The van der Waals surface area contributed by atoms with E-state index in [1.54, 1.807) is 5.56 Å². The van der Waals surface area contributed by atoms with Crippen molar-refractivity contribution in [2.24, 2.45) is 0 Å². The second-order valence-electron chi connectivity index (χ2n) is 7.41. The van der Waals surface area contributed by atoms with Crippen molar-refractivity contribution >= 4 is 0 Å². The lowest BCUT2D eigenvalue weighted by Gasteiger charge is -2.29. The zero-order valence-corrected chi connectivity index (χ0v) is 14.5. The van der Waals surface area contributed by atoms with E-state index in [2.05, 4.69) is 54.3 Å². The zero-order valence-electron chi connectivity index (χ0n) is 14.5. The number of benzene rings is 2. The molecule has 1 heterocycles. The number of likely N-dealkylation sites (tertiary alicyclic amines) is 1. The second-order valence-corrected chi connectivity index (χ2v) is 7.41. The van der Waals surface area contributed by atoms with Gasteiger partial charge >= 0.3 is 0 Å². The van der Waals surface area contributed by atoms with E-state index >= 15 is 0 Å². The predicted molar refractivity (Wildman–Crippen MR) is 99.2 cm³/mol. The van der Waals surface area contributed by atoms with Crippen LogP contribution in [0.3, 0.4) is 0 Å². The third-order valence-corrected chi connectivity index (χ3v) is 5.82. The molecule has 1 fully saturated rings. The predicted octanol–water partition coefficient (Wildman–Crippen LogP) is 4.67. The lowest BCUT2D eigenvalue weighted by molar-refractivity contribution is 0.180. The lowest BCUT2D eigenvalue weighted by Crippen LogP contribution is -2.29. The van der Waals surface area contributed by atoms with E-state index in [9.17, 15) is 5.11 Å². The van der Waals surface area contributed by atoms with E-state index < -0.39 is 0 Å². The summed E-state index contributed by atoms with van der Waals surface area (Å²) in [6, 6.07) is 16.5. The molecule has 1 unspecified atom stereocenters. The van der Waals surface area contributed by atoms with Crippen LogP contribution in [0.4, 0.5) is 0 Å². The molecule has 2 aromatic carbocycles. The van der Waals surface area contributed by atoms with Gasteiger partial charge < -0.3 is 5.11 Å². The Kier molecular flexibility index (Phi) is 4.43. The minimum Gasteiger partial charge on any atom is -0.396 e. The van der Waals surface area contributed by atoms with Crippen LogP contribution in [0, 0.1) is 6.92 Å². The number of fused-ring (bicyclic) bond motifs is 5. The van der Waals surface area contributed by atoms with Gasteiger partial charge in [0.25, 0.3) is 0 Å². The Labute approximate surface area is 145 Å². The zero-order chi connectivity index (χ0) is 16.5. The normalized spacial score (nSPS) is 23.1. The summed E-state index contributed by atoms with van der Waals surface area (Å²) in [4.78, 5) is 2.61. The maximum Gasteiger partial charge on any atom is 0.0443 e. The monoisotopic (exact) mass is 321 g/mol. The molecule has 2 nitrogen and oxygen atoms in total. The molecule has 2 heteroatoms. The summed E-state index contributed by atoms with van der Waals surface area (Å²) < 4.78 is 0. The van der Waals surface area contributed by atoms with E-state index in [4.69, 9.17) is 0 Å². The number of aryl methyl sites for hydroxylation is 1. The third kappa shape index (κ3) is 2.89. The fourth-order valence-corrected chi connectivity index (χ4v) is 4.54. The van der Waals surface area contributed by atoms with Crippen molar-refractivity contribution in [3.8, 4) is 11.1 Å². The van der Waals surface area contributed by atoms with E-state index in [-0.39, 0.29) is 0 Å².